The van der Waals surface area contributed by atoms with E-state index in [-0.39, 0.29) is 24.5 Å². The van der Waals surface area contributed by atoms with Crippen molar-refractivity contribution in [1.82, 2.24) is 9.97 Å². The lowest BCUT2D eigenvalue weighted by atomic mass is 10.1. The number of aliphatic hydroxyl groups is 2. The van der Waals surface area contributed by atoms with Crippen LogP contribution in [0.15, 0.2) is 30.6 Å². The van der Waals surface area contributed by atoms with E-state index < -0.39 is 6.10 Å². The Kier molecular flexibility index (Phi) is 6.17. The van der Waals surface area contributed by atoms with Gasteiger partial charge < -0.3 is 20.0 Å². The van der Waals surface area contributed by atoms with Crippen LogP contribution >= 0.6 is 11.6 Å². The quantitative estimate of drug-likeness (QED) is 0.795. The van der Waals surface area contributed by atoms with E-state index in [0.29, 0.717) is 40.8 Å². The smallest absolute Gasteiger partial charge is 0.229 e. The summed E-state index contributed by atoms with van der Waals surface area (Å²) < 4.78 is 0. The van der Waals surface area contributed by atoms with E-state index in [1.54, 1.807) is 36.5 Å². The van der Waals surface area contributed by atoms with Gasteiger partial charge in [0.2, 0.25) is 5.91 Å². The summed E-state index contributed by atoms with van der Waals surface area (Å²) in [5.41, 5.74) is 1.82. The van der Waals surface area contributed by atoms with Crippen molar-refractivity contribution in [1.29, 1.82) is 0 Å². The van der Waals surface area contributed by atoms with Crippen molar-refractivity contribution in [3.63, 3.8) is 0 Å². The van der Waals surface area contributed by atoms with E-state index in [1.807, 2.05) is 24.8 Å². The topological polar surface area (TPSA) is 89.8 Å². The van der Waals surface area contributed by atoms with Gasteiger partial charge in [-0.05, 0) is 24.6 Å². The average Bonchev–Trinajstić information content (AvgIpc) is 3.07. The lowest BCUT2D eigenvalue weighted by Gasteiger charge is -2.27. The van der Waals surface area contributed by atoms with Crippen molar-refractivity contribution in [2.75, 3.05) is 30.0 Å². The van der Waals surface area contributed by atoms with Crippen molar-refractivity contribution in [2.24, 2.45) is 5.92 Å². The van der Waals surface area contributed by atoms with Crippen molar-refractivity contribution in [3.05, 3.63) is 35.6 Å². The van der Waals surface area contributed by atoms with Gasteiger partial charge in [0.1, 0.15) is 5.82 Å². The third kappa shape index (κ3) is 3.97. The Hall–Kier alpha value is -2.22. The average molecular weight is 405 g/mol. The molecular weight excluding hydrogens is 380 g/mol. The standard InChI is InChI=1S/C20H25ClN4O3/c1-12(2)20(28)24(3)17-9-23-18(25-10-14(27)7-13(25)11-26)8-15(17)19-16(21)5-4-6-22-19/h4-6,8-9,12-14,26-27H,7,10-11H2,1-3H3. The van der Waals surface area contributed by atoms with E-state index in [2.05, 4.69) is 9.97 Å². The number of carbonyl (C=O) groups excluding carboxylic acids is 1. The predicted octanol–water partition coefficient (Wildman–Crippen LogP) is 2.35. The molecule has 150 valence electrons. The van der Waals surface area contributed by atoms with Gasteiger partial charge in [-0.3, -0.25) is 9.78 Å². The lowest BCUT2D eigenvalue weighted by molar-refractivity contribution is -0.121. The second-order valence-corrected chi connectivity index (χ2v) is 7.73. The minimum Gasteiger partial charge on any atom is -0.394 e. The molecule has 0 bridgehead atoms. The molecule has 0 spiro atoms. The van der Waals surface area contributed by atoms with Gasteiger partial charge in [-0.2, -0.15) is 0 Å². The zero-order valence-electron chi connectivity index (χ0n) is 16.2. The molecule has 0 saturated carbocycles. The van der Waals surface area contributed by atoms with Gasteiger partial charge in [0, 0.05) is 31.3 Å². The Bertz CT molecular complexity index is 861. The van der Waals surface area contributed by atoms with E-state index >= 15 is 0 Å². The number of rotatable bonds is 5. The molecule has 1 aliphatic rings. The maximum absolute atomic E-state index is 12.6. The Morgan fingerprint density at radius 2 is 2.18 bits per heavy atom. The fourth-order valence-corrected chi connectivity index (χ4v) is 3.71. The number of anilines is 2. The maximum atomic E-state index is 12.6. The summed E-state index contributed by atoms with van der Waals surface area (Å²) in [5, 5.41) is 20.1. The molecule has 0 aliphatic carbocycles. The van der Waals surface area contributed by atoms with Gasteiger partial charge in [-0.25, -0.2) is 4.98 Å². The molecule has 7 nitrogen and oxygen atoms in total. The molecule has 1 amide bonds. The number of β-amino-alcohol motifs (C(OH)–C–C–N with tert-alkyl or cyclic N) is 1. The molecular formula is C20H25ClN4O3. The van der Waals surface area contributed by atoms with Gasteiger partial charge >= 0.3 is 0 Å². The molecule has 28 heavy (non-hydrogen) atoms. The number of aliphatic hydroxyl groups excluding tert-OH is 2. The number of amides is 1. The van der Waals surface area contributed by atoms with Crippen LogP contribution in [0.1, 0.15) is 20.3 Å². The van der Waals surface area contributed by atoms with Crippen LogP contribution in [0.3, 0.4) is 0 Å². The van der Waals surface area contributed by atoms with Crippen molar-refractivity contribution < 1.29 is 15.0 Å². The molecule has 8 heteroatoms. The number of hydrogen-bond acceptors (Lipinski definition) is 6. The van der Waals surface area contributed by atoms with Crippen LogP contribution < -0.4 is 9.80 Å². The summed E-state index contributed by atoms with van der Waals surface area (Å²) in [6.45, 7) is 3.98. The van der Waals surface area contributed by atoms with Gasteiger partial charge in [-0.15, -0.1) is 0 Å². The minimum atomic E-state index is -0.522. The minimum absolute atomic E-state index is 0.0484. The molecule has 0 aromatic carbocycles. The summed E-state index contributed by atoms with van der Waals surface area (Å²) in [5.74, 6) is 0.373. The summed E-state index contributed by atoms with van der Waals surface area (Å²) in [6.07, 6.45) is 3.22. The van der Waals surface area contributed by atoms with Crippen LogP contribution in [0, 0.1) is 5.92 Å². The first-order valence-electron chi connectivity index (χ1n) is 9.27. The fourth-order valence-electron chi connectivity index (χ4n) is 3.49. The van der Waals surface area contributed by atoms with Gasteiger partial charge in [0.25, 0.3) is 0 Å². The summed E-state index contributed by atoms with van der Waals surface area (Å²) >= 11 is 6.39. The second kappa shape index (κ2) is 8.43. The molecule has 2 N–H and O–H groups in total. The highest BCUT2D eigenvalue weighted by atomic mass is 35.5. The zero-order valence-corrected chi connectivity index (χ0v) is 17.0. The maximum Gasteiger partial charge on any atom is 0.229 e. The molecule has 0 radical (unpaired) electrons. The second-order valence-electron chi connectivity index (χ2n) is 7.32. The number of nitrogens with zero attached hydrogens (tertiary/aromatic N) is 4. The van der Waals surface area contributed by atoms with Crippen LogP contribution in [0.25, 0.3) is 11.3 Å². The number of carbonyl (C=O) groups is 1. The van der Waals surface area contributed by atoms with Crippen molar-refractivity contribution >= 4 is 29.0 Å². The summed E-state index contributed by atoms with van der Waals surface area (Å²) in [4.78, 5) is 24.9. The largest absolute Gasteiger partial charge is 0.394 e. The van der Waals surface area contributed by atoms with Crippen molar-refractivity contribution in [2.45, 2.75) is 32.4 Å². The van der Waals surface area contributed by atoms with Gasteiger partial charge in [0.05, 0.1) is 41.4 Å². The molecule has 1 fully saturated rings. The molecule has 2 aromatic heterocycles. The SMILES string of the molecule is CC(C)C(=O)N(C)c1cnc(N2CC(O)CC2CO)cc1-c1ncccc1Cl. The molecule has 3 heterocycles. The van der Waals surface area contributed by atoms with Crippen LogP contribution in [-0.4, -0.2) is 58.4 Å². The van der Waals surface area contributed by atoms with Gasteiger partial charge in [0.15, 0.2) is 0 Å². The summed E-state index contributed by atoms with van der Waals surface area (Å²) in [7, 11) is 1.70. The van der Waals surface area contributed by atoms with Crippen molar-refractivity contribution in [3.8, 4) is 11.3 Å². The van der Waals surface area contributed by atoms with Crippen LogP contribution in [0.4, 0.5) is 11.5 Å². The lowest BCUT2D eigenvalue weighted by Crippen LogP contribution is -2.34. The molecule has 3 rings (SSSR count). The van der Waals surface area contributed by atoms with E-state index in [9.17, 15) is 15.0 Å². The van der Waals surface area contributed by atoms with E-state index in [4.69, 9.17) is 11.6 Å². The van der Waals surface area contributed by atoms with Crippen LogP contribution in [-0.2, 0) is 4.79 Å². The molecule has 2 unspecified atom stereocenters. The molecule has 2 atom stereocenters. The Morgan fingerprint density at radius 3 is 2.82 bits per heavy atom. The fraction of sp³-hybridized carbons (Fsp3) is 0.450. The normalized spacial score (nSPS) is 19.3. The highest BCUT2D eigenvalue weighted by Crippen LogP contribution is 2.37. The monoisotopic (exact) mass is 404 g/mol. The molecule has 1 aliphatic heterocycles. The zero-order chi connectivity index (χ0) is 20.4. The first-order chi connectivity index (χ1) is 13.3. The highest BCUT2D eigenvalue weighted by molar-refractivity contribution is 6.33. The third-order valence-electron chi connectivity index (χ3n) is 4.97. The Balaban J connectivity index is 2.11. The number of aromatic nitrogens is 2. The Labute approximate surface area is 169 Å². The number of hydrogen-bond donors (Lipinski definition) is 2. The first kappa shape index (κ1) is 20.5. The molecule has 1 saturated heterocycles. The summed E-state index contributed by atoms with van der Waals surface area (Å²) in [6, 6.07) is 5.09. The van der Waals surface area contributed by atoms with Gasteiger partial charge in [-0.1, -0.05) is 25.4 Å². The third-order valence-corrected chi connectivity index (χ3v) is 5.27. The number of pyridine rings is 2. The number of halogens is 1. The first-order valence-corrected chi connectivity index (χ1v) is 9.65. The predicted molar refractivity (Wildman–Crippen MR) is 110 cm³/mol. The highest BCUT2D eigenvalue weighted by Gasteiger charge is 2.32. The molecule has 2 aromatic rings. The van der Waals surface area contributed by atoms with Crippen LogP contribution in [0.2, 0.25) is 5.02 Å². The van der Waals surface area contributed by atoms with E-state index in [0.717, 1.165) is 0 Å². The van der Waals surface area contributed by atoms with Crippen LogP contribution in [0.5, 0.6) is 0 Å². The Morgan fingerprint density at radius 1 is 1.43 bits per heavy atom. The van der Waals surface area contributed by atoms with E-state index in [1.165, 1.54) is 0 Å².